The van der Waals surface area contributed by atoms with E-state index in [9.17, 15) is 9.59 Å². The molecule has 0 spiro atoms. The number of carbonyl (C=O) groups excluding carboxylic acids is 2. The average Bonchev–Trinajstić information content (AvgIpc) is 2.11. The van der Waals surface area contributed by atoms with Crippen molar-refractivity contribution in [1.29, 1.82) is 5.41 Å². The molecule has 0 atom stereocenters. The molecule has 0 saturated carbocycles. The summed E-state index contributed by atoms with van der Waals surface area (Å²) in [6, 6.07) is 0. The second kappa shape index (κ2) is 5.86. The van der Waals surface area contributed by atoms with Crippen LogP contribution in [0.4, 0.5) is 9.59 Å². The zero-order chi connectivity index (χ0) is 15.4. The maximum absolute atomic E-state index is 11.9. The van der Waals surface area contributed by atoms with Gasteiger partial charge in [-0.15, -0.1) is 0 Å². The number of nitrogens with one attached hydrogen (secondary N) is 1. The third-order valence-corrected chi connectivity index (χ3v) is 1.59. The van der Waals surface area contributed by atoms with Crippen molar-refractivity contribution in [2.75, 3.05) is 0 Å². The number of imide groups is 1. The predicted octanol–water partition coefficient (Wildman–Crippen LogP) is 3.32. The minimum atomic E-state index is -0.966. The van der Waals surface area contributed by atoms with Gasteiger partial charge in [-0.1, -0.05) is 6.58 Å². The topological polar surface area (TPSA) is 79.7 Å². The Morgan fingerprint density at radius 3 is 1.53 bits per heavy atom. The largest absolute Gasteiger partial charge is 0.443 e. The summed E-state index contributed by atoms with van der Waals surface area (Å²) in [5, 5.41) is 7.58. The van der Waals surface area contributed by atoms with Gasteiger partial charge in [-0.25, -0.2) is 9.59 Å². The van der Waals surface area contributed by atoms with Crippen molar-refractivity contribution in [1.82, 2.24) is 4.90 Å². The number of hydrogen-bond donors (Lipinski definition) is 1. The lowest BCUT2D eigenvalue weighted by Crippen LogP contribution is -2.46. The zero-order valence-corrected chi connectivity index (χ0v) is 12.4. The molecule has 0 bridgehead atoms. The summed E-state index contributed by atoms with van der Waals surface area (Å²) in [6.45, 7) is 13.3. The van der Waals surface area contributed by atoms with Gasteiger partial charge >= 0.3 is 12.2 Å². The van der Waals surface area contributed by atoms with Gasteiger partial charge in [0.15, 0.2) is 0 Å². The molecule has 0 aromatic carbocycles. The number of ether oxygens (including phenoxy) is 2. The highest BCUT2D eigenvalue weighted by atomic mass is 16.6. The standard InChI is InChI=1S/C13H22N2O4/c1-8-9(14)15(10(16)18-12(2,3)4)11(17)19-13(5,6)7/h8,14H,1H2,2-7H3. The number of carbonyl (C=O) groups is 2. The van der Waals surface area contributed by atoms with E-state index in [0.29, 0.717) is 4.90 Å². The van der Waals surface area contributed by atoms with Gasteiger partial charge in [0.05, 0.1) is 0 Å². The fraction of sp³-hybridized carbons (Fsp3) is 0.615. The molecule has 0 aromatic heterocycles. The van der Waals surface area contributed by atoms with Crippen LogP contribution in [0.3, 0.4) is 0 Å². The smallest absolute Gasteiger partial charge is 0.425 e. The van der Waals surface area contributed by atoms with Gasteiger partial charge in [0, 0.05) is 0 Å². The molecule has 1 N–H and O–H groups in total. The summed E-state index contributed by atoms with van der Waals surface area (Å²) in [5.74, 6) is -0.400. The number of nitrogens with zero attached hydrogens (tertiary/aromatic N) is 1. The molecule has 0 aliphatic carbocycles. The quantitative estimate of drug-likeness (QED) is 0.585. The van der Waals surface area contributed by atoms with Crippen LogP contribution in [0, 0.1) is 5.41 Å². The van der Waals surface area contributed by atoms with Crippen LogP contribution in [-0.2, 0) is 9.47 Å². The Kier molecular flexibility index (Phi) is 5.29. The molecule has 108 valence electrons. The normalized spacial score (nSPS) is 11.5. The van der Waals surface area contributed by atoms with Gasteiger partial charge in [0.25, 0.3) is 0 Å². The lowest BCUT2D eigenvalue weighted by Gasteiger charge is -2.27. The van der Waals surface area contributed by atoms with Crippen molar-refractivity contribution in [2.24, 2.45) is 0 Å². The second-order valence-corrected chi connectivity index (χ2v) is 5.89. The van der Waals surface area contributed by atoms with Gasteiger partial charge < -0.3 is 9.47 Å². The first kappa shape index (κ1) is 17.2. The van der Waals surface area contributed by atoms with Crippen LogP contribution in [0.1, 0.15) is 41.5 Å². The van der Waals surface area contributed by atoms with Crippen LogP contribution in [0.15, 0.2) is 12.7 Å². The van der Waals surface area contributed by atoms with E-state index in [1.54, 1.807) is 41.5 Å². The van der Waals surface area contributed by atoms with Crippen LogP contribution in [-0.4, -0.2) is 34.1 Å². The van der Waals surface area contributed by atoms with Gasteiger partial charge in [-0.05, 0) is 47.6 Å². The van der Waals surface area contributed by atoms with Crippen LogP contribution in [0.5, 0.6) is 0 Å². The molecule has 0 fully saturated rings. The summed E-state index contributed by atoms with van der Waals surface area (Å²) < 4.78 is 10.1. The van der Waals surface area contributed by atoms with E-state index in [-0.39, 0.29) is 0 Å². The Balaban J connectivity index is 5.13. The third kappa shape index (κ3) is 6.59. The monoisotopic (exact) mass is 270 g/mol. The Morgan fingerprint density at radius 2 is 1.32 bits per heavy atom. The van der Waals surface area contributed by atoms with Crippen molar-refractivity contribution in [3.63, 3.8) is 0 Å². The second-order valence-electron chi connectivity index (χ2n) is 5.89. The van der Waals surface area contributed by atoms with E-state index in [0.717, 1.165) is 6.08 Å². The Morgan fingerprint density at radius 1 is 1.00 bits per heavy atom. The molecule has 0 aliphatic rings. The predicted molar refractivity (Wildman–Crippen MR) is 72.2 cm³/mol. The number of hydrogen-bond acceptors (Lipinski definition) is 5. The zero-order valence-electron chi connectivity index (χ0n) is 12.4. The first-order valence-corrected chi connectivity index (χ1v) is 5.84. The molecule has 19 heavy (non-hydrogen) atoms. The first-order valence-electron chi connectivity index (χ1n) is 5.84. The van der Waals surface area contributed by atoms with Crippen molar-refractivity contribution >= 4 is 18.0 Å². The number of amides is 2. The molecule has 2 amide bonds. The maximum atomic E-state index is 11.9. The summed E-state index contributed by atoms with van der Waals surface area (Å²) in [6.07, 6.45) is -0.869. The Hall–Kier alpha value is -1.85. The summed E-state index contributed by atoms with van der Waals surface area (Å²) in [4.78, 5) is 24.3. The molecule has 0 aromatic rings. The van der Waals surface area contributed by atoms with Crippen molar-refractivity contribution in [2.45, 2.75) is 52.7 Å². The SMILES string of the molecule is C=CC(=N)N(C(=O)OC(C)(C)C)C(=O)OC(C)(C)C. The summed E-state index contributed by atoms with van der Waals surface area (Å²) in [7, 11) is 0. The van der Waals surface area contributed by atoms with E-state index in [2.05, 4.69) is 6.58 Å². The Bertz CT molecular complexity index is 360. The molecule has 0 radical (unpaired) electrons. The van der Waals surface area contributed by atoms with Gasteiger partial charge in [-0.2, -0.15) is 4.90 Å². The van der Waals surface area contributed by atoms with E-state index in [1.807, 2.05) is 0 Å². The van der Waals surface area contributed by atoms with E-state index in [4.69, 9.17) is 14.9 Å². The van der Waals surface area contributed by atoms with Crippen LogP contribution >= 0.6 is 0 Å². The molecule has 0 heterocycles. The Labute approximate surface area is 113 Å². The molecular formula is C13H22N2O4. The van der Waals surface area contributed by atoms with Crippen molar-refractivity contribution < 1.29 is 19.1 Å². The fourth-order valence-electron chi connectivity index (χ4n) is 0.978. The van der Waals surface area contributed by atoms with Crippen molar-refractivity contribution in [3.05, 3.63) is 12.7 Å². The molecule has 0 aliphatic heterocycles. The molecule has 0 rings (SSSR count). The lowest BCUT2D eigenvalue weighted by atomic mass is 10.2. The number of rotatable bonds is 1. The molecule has 6 heteroatoms. The van der Waals surface area contributed by atoms with Crippen molar-refractivity contribution in [3.8, 4) is 0 Å². The molecule has 0 saturated heterocycles. The van der Waals surface area contributed by atoms with Gasteiger partial charge in [0.1, 0.15) is 17.0 Å². The summed E-state index contributed by atoms with van der Waals surface area (Å²) in [5.41, 5.74) is -1.56. The molecule has 6 nitrogen and oxygen atoms in total. The highest BCUT2D eigenvalue weighted by molar-refractivity contribution is 6.11. The van der Waals surface area contributed by atoms with E-state index in [1.165, 1.54) is 0 Å². The maximum Gasteiger partial charge on any atom is 0.425 e. The average molecular weight is 270 g/mol. The highest BCUT2D eigenvalue weighted by Gasteiger charge is 2.33. The van der Waals surface area contributed by atoms with Crippen LogP contribution < -0.4 is 0 Å². The van der Waals surface area contributed by atoms with Gasteiger partial charge in [0.2, 0.25) is 0 Å². The highest BCUT2D eigenvalue weighted by Crippen LogP contribution is 2.14. The minimum absolute atomic E-state index is 0.400. The molecular weight excluding hydrogens is 248 g/mol. The third-order valence-electron chi connectivity index (χ3n) is 1.59. The minimum Gasteiger partial charge on any atom is -0.443 e. The lowest BCUT2D eigenvalue weighted by molar-refractivity contribution is 0.0148. The number of amidine groups is 1. The van der Waals surface area contributed by atoms with E-state index >= 15 is 0 Å². The van der Waals surface area contributed by atoms with Crippen LogP contribution in [0.2, 0.25) is 0 Å². The molecule has 0 unspecified atom stereocenters. The fourth-order valence-corrected chi connectivity index (χ4v) is 0.978. The van der Waals surface area contributed by atoms with Gasteiger partial charge in [-0.3, -0.25) is 5.41 Å². The summed E-state index contributed by atoms with van der Waals surface area (Å²) >= 11 is 0. The first-order chi connectivity index (χ1) is 8.37. The van der Waals surface area contributed by atoms with Crippen LogP contribution in [0.25, 0.3) is 0 Å². The van der Waals surface area contributed by atoms with E-state index < -0.39 is 29.2 Å².